The summed E-state index contributed by atoms with van der Waals surface area (Å²) in [6, 6.07) is 0. The molecule has 6 nitrogen and oxygen atoms in total. The predicted molar refractivity (Wildman–Crippen MR) is 53.1 cm³/mol. The number of hydrogen-bond donors (Lipinski definition) is 3. The van der Waals surface area contributed by atoms with Gasteiger partial charge in [0.25, 0.3) is 5.91 Å². The van der Waals surface area contributed by atoms with Gasteiger partial charge in [-0.1, -0.05) is 0 Å². The zero-order valence-electron chi connectivity index (χ0n) is 7.02. The number of nitrogen functional groups attached to an aromatic ring is 1. The summed E-state index contributed by atoms with van der Waals surface area (Å²) in [7, 11) is 0. The van der Waals surface area contributed by atoms with Crippen molar-refractivity contribution in [3.8, 4) is 0 Å². The third-order valence-corrected chi connectivity index (χ3v) is 2.25. The molecule has 14 heavy (non-hydrogen) atoms. The first kappa shape index (κ1) is 8.70. The third-order valence-electron chi connectivity index (χ3n) is 1.57. The van der Waals surface area contributed by atoms with Gasteiger partial charge in [-0.3, -0.25) is 15.2 Å². The first-order chi connectivity index (χ1) is 6.77. The normalized spacial score (nSPS) is 10.0. The largest absolute Gasteiger partial charge is 0.383 e. The summed E-state index contributed by atoms with van der Waals surface area (Å²) in [5.41, 5.74) is 5.79. The van der Waals surface area contributed by atoms with Gasteiger partial charge < -0.3 is 5.73 Å². The maximum Gasteiger partial charge on any atom is 0.262 e. The molecule has 1 amide bonds. The van der Waals surface area contributed by atoms with Crippen LogP contribution in [0.1, 0.15) is 10.4 Å². The van der Waals surface area contributed by atoms with Crippen molar-refractivity contribution in [1.29, 1.82) is 0 Å². The molecule has 0 aromatic carbocycles. The first-order valence-corrected chi connectivity index (χ1v) is 4.65. The number of carbonyl (C=O) groups is 1. The van der Waals surface area contributed by atoms with Crippen molar-refractivity contribution in [2.24, 2.45) is 0 Å². The van der Waals surface area contributed by atoms with E-state index in [4.69, 9.17) is 5.73 Å². The predicted octanol–water partition coefficient (Wildman–Crippen LogP) is 0.701. The second-order valence-corrected chi connectivity index (χ2v) is 3.38. The van der Waals surface area contributed by atoms with Crippen LogP contribution in [0.15, 0.2) is 17.8 Å². The van der Waals surface area contributed by atoms with Gasteiger partial charge in [-0.2, -0.15) is 5.10 Å². The number of carbonyl (C=O) groups excluding carboxylic acids is 1. The van der Waals surface area contributed by atoms with E-state index in [1.807, 2.05) is 0 Å². The van der Waals surface area contributed by atoms with Crippen molar-refractivity contribution < 1.29 is 4.79 Å². The number of hydrogen-bond acceptors (Lipinski definition) is 5. The summed E-state index contributed by atoms with van der Waals surface area (Å²) in [6.07, 6.45) is 2.98. The lowest BCUT2D eigenvalue weighted by atomic mass is 10.3. The van der Waals surface area contributed by atoms with E-state index in [1.165, 1.54) is 17.5 Å². The Hall–Kier alpha value is -1.89. The van der Waals surface area contributed by atoms with Crippen LogP contribution < -0.4 is 11.1 Å². The number of anilines is 2. The van der Waals surface area contributed by atoms with Crippen LogP contribution in [0.4, 0.5) is 10.9 Å². The van der Waals surface area contributed by atoms with Crippen molar-refractivity contribution in [3.63, 3.8) is 0 Å². The van der Waals surface area contributed by atoms with Crippen LogP contribution in [0.3, 0.4) is 0 Å². The monoisotopic (exact) mass is 209 g/mol. The number of thiazole rings is 1. The summed E-state index contributed by atoms with van der Waals surface area (Å²) < 4.78 is 0. The lowest BCUT2D eigenvalue weighted by Crippen LogP contribution is -2.12. The average molecular weight is 209 g/mol. The van der Waals surface area contributed by atoms with E-state index < -0.39 is 0 Å². The fourth-order valence-corrected chi connectivity index (χ4v) is 1.45. The molecule has 72 valence electrons. The van der Waals surface area contributed by atoms with E-state index in [-0.39, 0.29) is 11.7 Å². The molecule has 0 unspecified atom stereocenters. The maximum atomic E-state index is 11.5. The first-order valence-electron chi connectivity index (χ1n) is 3.77. The highest BCUT2D eigenvalue weighted by atomic mass is 32.1. The van der Waals surface area contributed by atoms with Crippen LogP contribution in [-0.2, 0) is 0 Å². The van der Waals surface area contributed by atoms with Gasteiger partial charge in [-0.15, -0.1) is 11.3 Å². The van der Waals surface area contributed by atoms with Crippen LogP contribution >= 0.6 is 11.3 Å². The number of nitrogens with two attached hydrogens (primary N) is 1. The maximum absolute atomic E-state index is 11.5. The zero-order valence-corrected chi connectivity index (χ0v) is 7.84. The van der Waals surface area contributed by atoms with E-state index in [0.29, 0.717) is 10.7 Å². The van der Waals surface area contributed by atoms with Crippen molar-refractivity contribution in [1.82, 2.24) is 15.2 Å². The van der Waals surface area contributed by atoms with Gasteiger partial charge in [0.05, 0.1) is 6.20 Å². The second-order valence-electron chi connectivity index (χ2n) is 2.49. The molecule has 2 aromatic rings. The molecule has 2 aromatic heterocycles. The zero-order chi connectivity index (χ0) is 9.97. The van der Waals surface area contributed by atoms with Gasteiger partial charge in [0.2, 0.25) is 0 Å². The highest BCUT2D eigenvalue weighted by Crippen LogP contribution is 2.13. The molecule has 0 saturated carbocycles. The number of H-pyrrole nitrogens is 1. The molecule has 0 saturated heterocycles. The molecule has 0 fully saturated rings. The molecule has 0 aliphatic carbocycles. The van der Waals surface area contributed by atoms with Crippen LogP contribution in [0.5, 0.6) is 0 Å². The molecule has 0 bridgehead atoms. The lowest BCUT2D eigenvalue weighted by molar-refractivity contribution is 0.102. The summed E-state index contributed by atoms with van der Waals surface area (Å²) in [4.78, 5) is 15.4. The van der Waals surface area contributed by atoms with Gasteiger partial charge in [0, 0.05) is 11.6 Å². The Morgan fingerprint density at radius 3 is 3.07 bits per heavy atom. The minimum absolute atomic E-state index is 0.249. The molecule has 0 spiro atoms. The molecule has 0 aliphatic heterocycles. The average Bonchev–Trinajstić information content (AvgIpc) is 2.75. The Bertz CT molecular complexity index is 435. The van der Waals surface area contributed by atoms with Gasteiger partial charge in [-0.05, 0) is 0 Å². The summed E-state index contributed by atoms with van der Waals surface area (Å²) in [5, 5.41) is 11.0. The van der Waals surface area contributed by atoms with Gasteiger partial charge in [-0.25, -0.2) is 4.98 Å². The Balaban J connectivity index is 2.14. The summed E-state index contributed by atoms with van der Waals surface area (Å²) in [5.74, 6) is -0.0646. The van der Waals surface area contributed by atoms with E-state index in [1.54, 1.807) is 11.6 Å². The Labute approximate surface area is 83.2 Å². The van der Waals surface area contributed by atoms with Crippen molar-refractivity contribution in [2.75, 3.05) is 11.1 Å². The Morgan fingerprint density at radius 1 is 1.64 bits per heavy atom. The van der Waals surface area contributed by atoms with E-state index in [2.05, 4.69) is 20.5 Å². The third kappa shape index (κ3) is 1.57. The van der Waals surface area contributed by atoms with Crippen molar-refractivity contribution in [2.45, 2.75) is 0 Å². The quantitative estimate of drug-likeness (QED) is 0.678. The number of aromatic amines is 1. The molecule has 0 aliphatic rings. The standard InChI is InChI=1S/C7H7N5OS/c8-5-4(3-10-12-5)6(13)11-7-9-1-2-14-7/h1-3H,(H3,8,10,12)(H,9,11,13). The fraction of sp³-hybridized carbons (Fsp3) is 0. The highest BCUT2D eigenvalue weighted by Gasteiger charge is 2.12. The fourth-order valence-electron chi connectivity index (χ4n) is 0.927. The second kappa shape index (κ2) is 3.46. The van der Waals surface area contributed by atoms with Crippen LogP contribution in [0.25, 0.3) is 0 Å². The Kier molecular flexibility index (Phi) is 2.15. The number of aromatic nitrogens is 3. The van der Waals surface area contributed by atoms with Gasteiger partial charge >= 0.3 is 0 Å². The SMILES string of the molecule is Nc1[nH]ncc1C(=O)Nc1nccs1. The van der Waals surface area contributed by atoms with E-state index in [9.17, 15) is 4.79 Å². The van der Waals surface area contributed by atoms with Crippen LogP contribution in [0.2, 0.25) is 0 Å². The molecular formula is C7H7N5OS. The highest BCUT2D eigenvalue weighted by molar-refractivity contribution is 7.13. The smallest absolute Gasteiger partial charge is 0.262 e. The molecule has 7 heteroatoms. The molecule has 0 atom stereocenters. The van der Waals surface area contributed by atoms with Crippen LogP contribution in [0, 0.1) is 0 Å². The minimum Gasteiger partial charge on any atom is -0.383 e. The summed E-state index contributed by atoms with van der Waals surface area (Å²) >= 11 is 1.34. The molecule has 4 N–H and O–H groups in total. The number of rotatable bonds is 2. The number of nitrogens with zero attached hydrogens (tertiary/aromatic N) is 2. The van der Waals surface area contributed by atoms with Gasteiger partial charge in [0.15, 0.2) is 5.13 Å². The molecule has 2 rings (SSSR count). The minimum atomic E-state index is -0.314. The van der Waals surface area contributed by atoms with Gasteiger partial charge in [0.1, 0.15) is 11.4 Å². The molecule has 2 heterocycles. The lowest BCUT2D eigenvalue weighted by Gasteiger charge is -1.98. The Morgan fingerprint density at radius 2 is 2.50 bits per heavy atom. The molecule has 0 radical (unpaired) electrons. The van der Waals surface area contributed by atoms with Crippen molar-refractivity contribution >= 4 is 28.2 Å². The number of nitrogens with one attached hydrogen (secondary N) is 2. The van der Waals surface area contributed by atoms with E-state index in [0.717, 1.165) is 0 Å². The molecular weight excluding hydrogens is 202 g/mol. The van der Waals surface area contributed by atoms with Crippen molar-refractivity contribution in [3.05, 3.63) is 23.3 Å². The van der Waals surface area contributed by atoms with Crippen LogP contribution in [-0.4, -0.2) is 21.1 Å². The summed E-state index contributed by atoms with van der Waals surface area (Å²) in [6.45, 7) is 0. The topological polar surface area (TPSA) is 96.7 Å². The number of amides is 1. The van der Waals surface area contributed by atoms with E-state index >= 15 is 0 Å².